The van der Waals surface area contributed by atoms with Gasteiger partial charge in [0.15, 0.2) is 0 Å². The number of alkyl halides is 1. The zero-order valence-electron chi connectivity index (χ0n) is 23.6. The van der Waals surface area contributed by atoms with Gasteiger partial charge in [-0.25, -0.2) is 0 Å². The summed E-state index contributed by atoms with van der Waals surface area (Å²) in [5, 5.41) is 10.6. The molecule has 2 bridgehead atoms. The molecule has 3 amide bonds. The molecular weight excluding hydrogens is 590 g/mol. The Bertz CT molecular complexity index is 1100. The van der Waals surface area contributed by atoms with Crippen molar-refractivity contribution in [3.63, 3.8) is 0 Å². The highest BCUT2D eigenvalue weighted by atomic mass is 79.9. The lowest BCUT2D eigenvalue weighted by atomic mass is 9.70. The van der Waals surface area contributed by atoms with E-state index < -0.39 is 28.7 Å². The van der Waals surface area contributed by atoms with Gasteiger partial charge in [0.1, 0.15) is 6.04 Å². The predicted octanol–water partition coefficient (Wildman–Crippen LogP) is 4.42. The van der Waals surface area contributed by atoms with E-state index in [2.05, 4.69) is 36.0 Å². The topological polar surface area (TPSA) is 81.2 Å². The van der Waals surface area contributed by atoms with Crippen molar-refractivity contribution >= 4 is 45.4 Å². The Morgan fingerprint density at radius 1 is 1.12 bits per heavy atom. The maximum absolute atomic E-state index is 14.6. The second kappa shape index (κ2) is 13.3. The molecule has 3 aliphatic heterocycles. The third-order valence-electron chi connectivity index (χ3n) is 8.54. The van der Waals surface area contributed by atoms with E-state index in [1.165, 1.54) is 0 Å². The summed E-state index contributed by atoms with van der Waals surface area (Å²) in [5.41, 5.74) is 0.772. The van der Waals surface area contributed by atoms with E-state index in [0.29, 0.717) is 32.6 Å². The molecule has 0 radical (unpaired) electrons. The highest BCUT2D eigenvalue weighted by Crippen LogP contribution is 2.68. The van der Waals surface area contributed by atoms with E-state index in [1.54, 1.807) is 38.6 Å². The fourth-order valence-electron chi connectivity index (χ4n) is 6.89. The quantitative estimate of drug-likeness (QED) is 0.243. The average molecular weight is 633 g/mol. The molecule has 0 saturated carbocycles. The minimum atomic E-state index is -0.800. The first-order valence-corrected chi connectivity index (χ1v) is 16.2. The molecule has 1 spiro atoms. The van der Waals surface area contributed by atoms with Gasteiger partial charge in [-0.2, -0.15) is 0 Å². The smallest absolute Gasteiger partial charge is 0.247 e. The zero-order chi connectivity index (χ0) is 29.0. The molecule has 9 heteroatoms. The monoisotopic (exact) mass is 631 g/mol. The number of thioether (sulfide) groups is 1. The molecule has 3 unspecified atom stereocenters. The van der Waals surface area contributed by atoms with Crippen LogP contribution in [-0.2, 0) is 14.4 Å². The van der Waals surface area contributed by atoms with Crippen LogP contribution in [0.15, 0.2) is 55.6 Å². The standard InChI is InChI=1S/C31H42BrN3O4S/c1-5-9-18-34(17-8-4)30(39)27-31-19-22(32)26(40-31)24(28(37)33(15-6-2)16-7-3)25(31)29(38)35(27)23(20-36)21-13-11-10-12-14-21/h6,8,10-14,22-27,36H,2,4-5,7,9,15-20H2,1,3H3/t22?,23-,24-,25+,26-,27?,31?/m1/s1. The summed E-state index contributed by atoms with van der Waals surface area (Å²) in [6.07, 6.45) is 6.62. The summed E-state index contributed by atoms with van der Waals surface area (Å²) >= 11 is 5.49. The van der Waals surface area contributed by atoms with Crippen molar-refractivity contribution in [1.82, 2.24) is 14.7 Å². The van der Waals surface area contributed by atoms with Gasteiger partial charge in [0, 0.05) is 36.3 Å². The number of benzene rings is 1. The van der Waals surface area contributed by atoms with Crippen molar-refractivity contribution in [2.24, 2.45) is 11.8 Å². The van der Waals surface area contributed by atoms with Gasteiger partial charge < -0.3 is 19.8 Å². The molecule has 3 saturated heterocycles. The van der Waals surface area contributed by atoms with Crippen LogP contribution in [0.1, 0.15) is 51.1 Å². The van der Waals surface area contributed by atoms with Crippen molar-refractivity contribution in [3.05, 3.63) is 61.2 Å². The number of amides is 3. The molecule has 40 heavy (non-hydrogen) atoms. The molecule has 1 aromatic carbocycles. The van der Waals surface area contributed by atoms with E-state index in [9.17, 15) is 19.5 Å². The SMILES string of the molecule is C=CCN(CCCC)C(=O)C1N([C@H](CO)c2ccccc2)C(=O)[C@@H]2[C@@H](C(=O)N(CC=C)CCC)[C@@H]3SC12CC3Br. The lowest BCUT2D eigenvalue weighted by Gasteiger charge is -2.40. The third kappa shape index (κ3) is 5.29. The Hall–Kier alpha value is -2.10. The molecule has 4 rings (SSSR count). The minimum absolute atomic E-state index is 0.00856. The molecule has 7 nitrogen and oxygen atoms in total. The van der Waals surface area contributed by atoms with Gasteiger partial charge >= 0.3 is 0 Å². The summed E-state index contributed by atoms with van der Waals surface area (Å²) in [7, 11) is 0. The van der Waals surface area contributed by atoms with Crippen LogP contribution in [0.25, 0.3) is 0 Å². The van der Waals surface area contributed by atoms with Crippen LogP contribution in [-0.4, -0.2) is 91.2 Å². The fourth-order valence-corrected chi connectivity index (χ4v) is 10.5. The van der Waals surface area contributed by atoms with E-state index in [1.807, 2.05) is 37.3 Å². The molecule has 1 aromatic rings. The predicted molar refractivity (Wildman–Crippen MR) is 164 cm³/mol. The van der Waals surface area contributed by atoms with Crippen LogP contribution in [0.2, 0.25) is 0 Å². The Balaban J connectivity index is 1.84. The van der Waals surface area contributed by atoms with Crippen LogP contribution in [0.5, 0.6) is 0 Å². The molecule has 1 N–H and O–H groups in total. The Morgan fingerprint density at radius 3 is 2.35 bits per heavy atom. The number of carbonyl (C=O) groups is 3. The molecule has 0 aliphatic carbocycles. The third-order valence-corrected chi connectivity index (χ3v) is 11.8. The molecule has 3 heterocycles. The summed E-state index contributed by atoms with van der Waals surface area (Å²) in [6.45, 7) is 13.5. The highest BCUT2D eigenvalue weighted by molar-refractivity contribution is 9.09. The van der Waals surface area contributed by atoms with Gasteiger partial charge in [0.25, 0.3) is 0 Å². The number of hydrogen-bond donors (Lipinski definition) is 1. The summed E-state index contributed by atoms with van der Waals surface area (Å²) in [4.78, 5) is 48.5. The first-order chi connectivity index (χ1) is 19.3. The van der Waals surface area contributed by atoms with Gasteiger partial charge in [0.2, 0.25) is 17.7 Å². The van der Waals surface area contributed by atoms with E-state index >= 15 is 0 Å². The molecule has 0 aromatic heterocycles. The number of nitrogens with zero attached hydrogens (tertiary/aromatic N) is 3. The van der Waals surface area contributed by atoms with Crippen LogP contribution < -0.4 is 0 Å². The number of likely N-dealkylation sites (tertiary alicyclic amines) is 1. The number of hydrogen-bond acceptors (Lipinski definition) is 5. The number of carbonyl (C=O) groups excluding carboxylic acids is 3. The molecule has 3 fully saturated rings. The largest absolute Gasteiger partial charge is 0.394 e. The highest BCUT2D eigenvalue weighted by Gasteiger charge is 2.76. The Kier molecular flexibility index (Phi) is 10.2. The van der Waals surface area contributed by atoms with Crippen molar-refractivity contribution in [1.29, 1.82) is 0 Å². The van der Waals surface area contributed by atoms with Gasteiger partial charge in [-0.3, -0.25) is 14.4 Å². The van der Waals surface area contributed by atoms with Crippen molar-refractivity contribution in [2.75, 3.05) is 32.8 Å². The Labute approximate surface area is 251 Å². The number of halogens is 1. The van der Waals surface area contributed by atoms with Gasteiger partial charge in [-0.05, 0) is 24.8 Å². The van der Waals surface area contributed by atoms with Crippen molar-refractivity contribution in [2.45, 2.75) is 66.4 Å². The number of rotatable bonds is 14. The average Bonchev–Trinajstić information content (AvgIpc) is 3.55. The lowest BCUT2D eigenvalue weighted by Crippen LogP contribution is -2.56. The molecule has 3 aliphatic rings. The number of aliphatic hydroxyl groups excluding tert-OH is 1. The van der Waals surface area contributed by atoms with Crippen LogP contribution in [0, 0.1) is 11.8 Å². The second-order valence-electron chi connectivity index (χ2n) is 11.0. The summed E-state index contributed by atoms with van der Waals surface area (Å²) in [6, 6.07) is 7.91. The summed E-state index contributed by atoms with van der Waals surface area (Å²) < 4.78 is -0.771. The maximum atomic E-state index is 14.6. The van der Waals surface area contributed by atoms with E-state index in [4.69, 9.17) is 0 Å². The minimum Gasteiger partial charge on any atom is -0.394 e. The van der Waals surface area contributed by atoms with Gasteiger partial charge in [0.05, 0.1) is 29.2 Å². The first kappa shape index (κ1) is 30.8. The Morgan fingerprint density at radius 2 is 1.77 bits per heavy atom. The normalized spacial score (nSPS) is 29.2. The van der Waals surface area contributed by atoms with E-state index in [-0.39, 0.29) is 34.4 Å². The van der Waals surface area contributed by atoms with Crippen molar-refractivity contribution < 1.29 is 19.5 Å². The van der Waals surface area contributed by atoms with Crippen LogP contribution in [0.4, 0.5) is 0 Å². The van der Waals surface area contributed by atoms with Crippen molar-refractivity contribution in [3.8, 4) is 0 Å². The number of unbranched alkanes of at least 4 members (excludes halogenated alkanes) is 1. The van der Waals surface area contributed by atoms with Gasteiger partial charge in [-0.15, -0.1) is 24.9 Å². The fraction of sp³-hybridized carbons (Fsp3) is 0.581. The second-order valence-corrected chi connectivity index (χ2v) is 13.7. The number of aliphatic hydroxyl groups is 1. The molecular formula is C31H42BrN3O4S. The van der Waals surface area contributed by atoms with Crippen LogP contribution >= 0.6 is 27.7 Å². The zero-order valence-corrected chi connectivity index (χ0v) is 26.0. The maximum Gasteiger partial charge on any atom is 0.247 e. The van der Waals surface area contributed by atoms with Gasteiger partial charge in [-0.1, -0.05) is 78.7 Å². The number of fused-ring (bicyclic) bond motifs is 1. The molecule has 7 atom stereocenters. The lowest BCUT2D eigenvalue weighted by molar-refractivity contribution is -0.147. The summed E-state index contributed by atoms with van der Waals surface area (Å²) in [5.74, 6) is -1.59. The van der Waals surface area contributed by atoms with Crippen LogP contribution in [0.3, 0.4) is 0 Å². The molecule has 218 valence electrons. The van der Waals surface area contributed by atoms with E-state index in [0.717, 1.165) is 24.8 Å². The first-order valence-electron chi connectivity index (χ1n) is 14.4.